The van der Waals surface area contributed by atoms with Crippen molar-refractivity contribution in [2.24, 2.45) is 5.92 Å². The number of esters is 1. The van der Waals surface area contributed by atoms with Crippen molar-refractivity contribution in [2.45, 2.75) is 24.3 Å². The lowest BCUT2D eigenvalue weighted by molar-refractivity contribution is -0.145. The third-order valence-corrected chi connectivity index (χ3v) is 7.09. The monoisotopic (exact) mass is 450 g/mol. The lowest BCUT2D eigenvalue weighted by Gasteiger charge is -2.30. The van der Waals surface area contributed by atoms with E-state index in [4.69, 9.17) is 16.3 Å². The summed E-state index contributed by atoms with van der Waals surface area (Å²) in [5.74, 6) is -1.13. The summed E-state index contributed by atoms with van der Waals surface area (Å²) in [6.07, 6.45) is 0.773. The van der Waals surface area contributed by atoms with Gasteiger partial charge in [0.05, 0.1) is 4.90 Å². The van der Waals surface area contributed by atoms with E-state index in [2.05, 4.69) is 5.32 Å². The average molecular weight is 451 g/mol. The van der Waals surface area contributed by atoms with Crippen LogP contribution in [0.25, 0.3) is 0 Å². The molecule has 1 heterocycles. The number of amides is 1. The van der Waals surface area contributed by atoms with E-state index in [-0.39, 0.29) is 43.0 Å². The topological polar surface area (TPSA) is 92.8 Å². The first-order valence-corrected chi connectivity index (χ1v) is 11.4. The van der Waals surface area contributed by atoms with Crippen LogP contribution in [0.2, 0.25) is 5.02 Å². The fourth-order valence-corrected chi connectivity index (χ4v) is 4.80. The number of carbonyl (C=O) groups is 2. The lowest BCUT2D eigenvalue weighted by atomic mass is 9.97. The molecule has 0 aliphatic carbocycles. The lowest BCUT2D eigenvalue weighted by Crippen LogP contribution is -2.44. The second kappa shape index (κ2) is 10.1. The Morgan fingerprint density at radius 3 is 2.30 bits per heavy atom. The highest BCUT2D eigenvalue weighted by Crippen LogP contribution is 2.24. The van der Waals surface area contributed by atoms with Crippen LogP contribution in [-0.2, 0) is 31.0 Å². The molecule has 1 fully saturated rings. The van der Waals surface area contributed by atoms with Crippen LogP contribution in [0.5, 0.6) is 0 Å². The van der Waals surface area contributed by atoms with Gasteiger partial charge in [0.15, 0.2) is 0 Å². The van der Waals surface area contributed by atoms with Crippen LogP contribution in [0.3, 0.4) is 0 Å². The Morgan fingerprint density at radius 1 is 1.03 bits per heavy atom. The second-order valence-electron chi connectivity index (χ2n) is 7.00. The number of hydrogen-bond acceptors (Lipinski definition) is 5. The summed E-state index contributed by atoms with van der Waals surface area (Å²) in [7, 11) is -3.62. The van der Waals surface area contributed by atoms with Crippen molar-refractivity contribution in [2.75, 3.05) is 19.6 Å². The molecule has 0 saturated carbocycles. The van der Waals surface area contributed by atoms with Gasteiger partial charge in [-0.1, -0.05) is 41.9 Å². The zero-order valence-corrected chi connectivity index (χ0v) is 17.9. The minimum atomic E-state index is -3.62. The van der Waals surface area contributed by atoms with Crippen LogP contribution in [0.4, 0.5) is 0 Å². The molecule has 1 saturated heterocycles. The first-order valence-electron chi connectivity index (χ1n) is 9.59. The van der Waals surface area contributed by atoms with E-state index in [1.54, 1.807) is 0 Å². The number of nitrogens with one attached hydrogen (secondary N) is 1. The van der Waals surface area contributed by atoms with Crippen molar-refractivity contribution in [1.82, 2.24) is 9.62 Å². The van der Waals surface area contributed by atoms with Gasteiger partial charge in [-0.15, -0.1) is 0 Å². The standard InChI is InChI=1S/C21H23ClN2O5S/c22-18-6-8-19(9-7-18)30(27,28)24-12-10-17(11-13-24)21(26)23-14-20(25)29-15-16-4-2-1-3-5-16/h1-9,17H,10-15H2,(H,23,26). The second-order valence-corrected chi connectivity index (χ2v) is 9.37. The smallest absolute Gasteiger partial charge is 0.325 e. The molecule has 7 nitrogen and oxygen atoms in total. The normalized spacial score (nSPS) is 15.5. The molecule has 0 atom stereocenters. The van der Waals surface area contributed by atoms with Gasteiger partial charge in [0.25, 0.3) is 0 Å². The van der Waals surface area contributed by atoms with Crippen LogP contribution >= 0.6 is 11.6 Å². The van der Waals surface area contributed by atoms with Crippen molar-refractivity contribution < 1.29 is 22.7 Å². The molecule has 0 spiro atoms. The molecule has 1 N–H and O–H groups in total. The van der Waals surface area contributed by atoms with E-state index in [1.807, 2.05) is 30.3 Å². The molecular formula is C21H23ClN2O5S. The summed E-state index contributed by atoms with van der Waals surface area (Å²) in [5, 5.41) is 3.05. The van der Waals surface area contributed by atoms with Crippen LogP contribution in [-0.4, -0.2) is 44.2 Å². The Morgan fingerprint density at radius 2 is 1.67 bits per heavy atom. The quantitative estimate of drug-likeness (QED) is 0.654. The molecule has 2 aromatic rings. The molecule has 30 heavy (non-hydrogen) atoms. The predicted octanol–water partition coefficient (Wildman–Crippen LogP) is 2.60. The molecule has 1 aliphatic heterocycles. The first-order chi connectivity index (χ1) is 14.4. The van der Waals surface area contributed by atoms with Gasteiger partial charge < -0.3 is 10.1 Å². The third-order valence-electron chi connectivity index (χ3n) is 4.93. The summed E-state index contributed by atoms with van der Waals surface area (Å²) < 4.78 is 31.9. The van der Waals surface area contributed by atoms with Crippen molar-refractivity contribution in [3.05, 3.63) is 65.2 Å². The Kier molecular flexibility index (Phi) is 7.47. The summed E-state index contributed by atoms with van der Waals surface area (Å²) in [4.78, 5) is 24.3. The Labute approximate surface area is 181 Å². The minimum absolute atomic E-state index is 0.149. The van der Waals surface area contributed by atoms with Crippen molar-refractivity contribution in [3.8, 4) is 0 Å². The molecule has 3 rings (SSSR count). The van der Waals surface area contributed by atoms with E-state index in [0.717, 1.165) is 5.56 Å². The van der Waals surface area contributed by atoms with Gasteiger partial charge in [0.2, 0.25) is 15.9 Å². The van der Waals surface area contributed by atoms with Gasteiger partial charge >= 0.3 is 5.97 Å². The van der Waals surface area contributed by atoms with Gasteiger partial charge in [0.1, 0.15) is 13.2 Å². The zero-order valence-electron chi connectivity index (χ0n) is 16.3. The molecule has 1 aliphatic rings. The van der Waals surface area contributed by atoms with E-state index in [0.29, 0.717) is 17.9 Å². The summed E-state index contributed by atoms with van der Waals surface area (Å²) >= 11 is 5.82. The molecule has 0 unspecified atom stereocenters. The minimum Gasteiger partial charge on any atom is -0.460 e. The largest absolute Gasteiger partial charge is 0.460 e. The Balaban J connectivity index is 1.43. The highest BCUT2D eigenvalue weighted by molar-refractivity contribution is 7.89. The van der Waals surface area contributed by atoms with E-state index in [9.17, 15) is 18.0 Å². The predicted molar refractivity (Wildman–Crippen MR) is 112 cm³/mol. The number of benzene rings is 2. The summed E-state index contributed by atoms with van der Waals surface area (Å²) in [6.45, 7) is 0.411. The van der Waals surface area contributed by atoms with Gasteiger partial charge in [-0.2, -0.15) is 4.31 Å². The van der Waals surface area contributed by atoms with Gasteiger partial charge in [-0.05, 0) is 42.7 Å². The molecule has 9 heteroatoms. The van der Waals surface area contributed by atoms with Crippen molar-refractivity contribution >= 4 is 33.5 Å². The number of carbonyl (C=O) groups excluding carboxylic acids is 2. The highest BCUT2D eigenvalue weighted by Gasteiger charge is 2.32. The van der Waals surface area contributed by atoms with Crippen molar-refractivity contribution in [3.63, 3.8) is 0 Å². The summed E-state index contributed by atoms with van der Waals surface area (Å²) in [6, 6.07) is 15.3. The van der Waals surface area contributed by atoms with Crippen molar-refractivity contribution in [1.29, 1.82) is 0 Å². The fraction of sp³-hybridized carbons (Fsp3) is 0.333. The van der Waals surface area contributed by atoms with Crippen LogP contribution in [0.15, 0.2) is 59.5 Å². The number of halogens is 1. The number of sulfonamides is 1. The van der Waals surface area contributed by atoms with E-state index < -0.39 is 16.0 Å². The third kappa shape index (κ3) is 5.81. The summed E-state index contributed by atoms with van der Waals surface area (Å²) in [5.41, 5.74) is 0.867. The number of hydrogen-bond donors (Lipinski definition) is 1. The molecule has 0 radical (unpaired) electrons. The molecule has 2 aromatic carbocycles. The van der Waals surface area contributed by atoms with Gasteiger partial charge in [0, 0.05) is 24.0 Å². The Bertz CT molecular complexity index is 972. The SMILES string of the molecule is O=C(CNC(=O)C1CCN(S(=O)(=O)c2ccc(Cl)cc2)CC1)OCc1ccccc1. The van der Waals surface area contributed by atoms with E-state index in [1.165, 1.54) is 28.6 Å². The van der Waals surface area contributed by atoms with E-state index >= 15 is 0 Å². The molecule has 0 bridgehead atoms. The van der Waals surface area contributed by atoms with Crippen LogP contribution < -0.4 is 5.32 Å². The molecule has 0 aromatic heterocycles. The fourth-order valence-electron chi connectivity index (χ4n) is 3.21. The average Bonchev–Trinajstić information content (AvgIpc) is 2.77. The highest BCUT2D eigenvalue weighted by atomic mass is 35.5. The Hall–Kier alpha value is -2.42. The van der Waals surface area contributed by atoms with Crippen LogP contribution in [0, 0.1) is 5.92 Å². The maximum Gasteiger partial charge on any atom is 0.325 e. The number of piperidine rings is 1. The number of rotatable bonds is 7. The molecular weight excluding hydrogens is 428 g/mol. The molecule has 160 valence electrons. The number of nitrogens with zero attached hydrogens (tertiary/aromatic N) is 1. The van der Waals surface area contributed by atoms with Gasteiger partial charge in [-0.3, -0.25) is 9.59 Å². The van der Waals surface area contributed by atoms with Gasteiger partial charge in [-0.25, -0.2) is 8.42 Å². The van der Waals surface area contributed by atoms with Crippen LogP contribution in [0.1, 0.15) is 18.4 Å². The zero-order chi connectivity index (χ0) is 21.6. The first kappa shape index (κ1) is 22.3. The molecule has 1 amide bonds. The maximum atomic E-state index is 12.7. The number of ether oxygens (including phenoxy) is 1. The maximum absolute atomic E-state index is 12.7.